The van der Waals surface area contributed by atoms with Gasteiger partial charge in [0.15, 0.2) is 0 Å². The maximum Gasteiger partial charge on any atom is 0.0992 e. The van der Waals surface area contributed by atoms with Gasteiger partial charge in [0.2, 0.25) is 0 Å². The predicted molar refractivity (Wildman–Crippen MR) is 71.9 cm³/mol. The van der Waals surface area contributed by atoms with Crippen LogP contribution in [-0.2, 0) is 0 Å². The molecular weight excluding hydrogens is 210 g/mol. The molecule has 0 radical (unpaired) electrons. The highest BCUT2D eigenvalue weighted by Gasteiger charge is 2.09. The number of anilines is 1. The number of benzene rings is 1. The van der Waals surface area contributed by atoms with Gasteiger partial charge in [-0.3, -0.25) is 0 Å². The third-order valence-corrected chi connectivity index (χ3v) is 3.02. The molecule has 0 bridgehead atoms. The van der Waals surface area contributed by atoms with E-state index in [9.17, 15) is 0 Å². The van der Waals surface area contributed by atoms with E-state index >= 15 is 0 Å². The lowest BCUT2D eigenvalue weighted by atomic mass is 10.1. The van der Waals surface area contributed by atoms with Crippen LogP contribution in [0.15, 0.2) is 36.9 Å². The van der Waals surface area contributed by atoms with Gasteiger partial charge >= 0.3 is 0 Å². The molecule has 3 heteroatoms. The fourth-order valence-electron chi connectivity index (χ4n) is 2.07. The predicted octanol–water partition coefficient (Wildman–Crippen LogP) is 3.03. The first-order chi connectivity index (χ1) is 8.26. The molecule has 3 nitrogen and oxygen atoms in total. The van der Waals surface area contributed by atoms with Crippen molar-refractivity contribution in [3.8, 4) is 5.69 Å². The highest BCUT2D eigenvalue weighted by molar-refractivity contribution is 5.64. The highest BCUT2D eigenvalue weighted by Crippen LogP contribution is 2.25. The molecule has 90 valence electrons. The minimum Gasteiger partial charge on any atom is -0.370 e. The van der Waals surface area contributed by atoms with Crippen LogP contribution in [0.5, 0.6) is 0 Å². The van der Waals surface area contributed by atoms with Crippen LogP contribution in [0.4, 0.5) is 5.69 Å². The molecule has 1 aromatic heterocycles. The van der Waals surface area contributed by atoms with Gasteiger partial charge in [-0.05, 0) is 38.5 Å². The van der Waals surface area contributed by atoms with Gasteiger partial charge in [0.05, 0.1) is 17.7 Å². The Bertz CT molecular complexity index is 470. The first-order valence-corrected chi connectivity index (χ1v) is 6.10. The number of hydrogen-bond donors (Lipinski definition) is 0. The van der Waals surface area contributed by atoms with Crippen molar-refractivity contribution < 1.29 is 0 Å². The zero-order valence-corrected chi connectivity index (χ0v) is 10.7. The van der Waals surface area contributed by atoms with Crippen molar-refractivity contribution in [2.24, 2.45) is 0 Å². The number of nitrogens with zero attached hydrogens (tertiary/aromatic N) is 3. The summed E-state index contributed by atoms with van der Waals surface area (Å²) < 4.78 is 2.07. The van der Waals surface area contributed by atoms with Crippen molar-refractivity contribution in [2.45, 2.75) is 20.8 Å². The first-order valence-electron chi connectivity index (χ1n) is 6.10. The highest BCUT2D eigenvalue weighted by atomic mass is 15.2. The van der Waals surface area contributed by atoms with Crippen LogP contribution in [0.3, 0.4) is 0 Å². The zero-order chi connectivity index (χ0) is 12.3. The Labute approximate surface area is 103 Å². The summed E-state index contributed by atoms with van der Waals surface area (Å²) in [7, 11) is 0. The van der Waals surface area contributed by atoms with E-state index in [4.69, 9.17) is 0 Å². The second-order valence-corrected chi connectivity index (χ2v) is 4.13. The van der Waals surface area contributed by atoms with E-state index in [-0.39, 0.29) is 0 Å². The van der Waals surface area contributed by atoms with E-state index in [0.29, 0.717) is 0 Å². The second-order valence-electron chi connectivity index (χ2n) is 4.13. The van der Waals surface area contributed by atoms with Crippen molar-refractivity contribution in [3.63, 3.8) is 0 Å². The minimum atomic E-state index is 1.02. The molecule has 0 aliphatic rings. The molecule has 0 fully saturated rings. The Morgan fingerprint density at radius 1 is 1.24 bits per heavy atom. The van der Waals surface area contributed by atoms with Gasteiger partial charge in [0.1, 0.15) is 0 Å². The molecule has 2 rings (SSSR count). The summed E-state index contributed by atoms with van der Waals surface area (Å²) >= 11 is 0. The summed E-state index contributed by atoms with van der Waals surface area (Å²) in [6.07, 6.45) is 5.65. The van der Waals surface area contributed by atoms with Gasteiger partial charge in [-0.1, -0.05) is 6.07 Å². The molecule has 0 aliphatic heterocycles. The third-order valence-electron chi connectivity index (χ3n) is 3.02. The monoisotopic (exact) mass is 229 g/mol. The van der Waals surface area contributed by atoms with E-state index in [1.807, 2.05) is 18.7 Å². The summed E-state index contributed by atoms with van der Waals surface area (Å²) in [5.41, 5.74) is 3.73. The number of aryl methyl sites for hydroxylation is 1. The molecule has 2 aromatic rings. The van der Waals surface area contributed by atoms with Crippen LogP contribution < -0.4 is 4.90 Å². The Morgan fingerprint density at radius 3 is 2.59 bits per heavy atom. The van der Waals surface area contributed by atoms with E-state index in [1.54, 1.807) is 0 Å². The molecule has 0 saturated carbocycles. The molecular formula is C14H19N3. The normalized spacial score (nSPS) is 10.5. The SMILES string of the molecule is CCN(CC)c1ccc(C)cc1-n1ccnc1. The number of imidazole rings is 1. The average Bonchev–Trinajstić information content (AvgIpc) is 2.86. The molecule has 17 heavy (non-hydrogen) atoms. The van der Waals surface area contributed by atoms with Crippen LogP contribution >= 0.6 is 0 Å². The number of aromatic nitrogens is 2. The zero-order valence-electron chi connectivity index (χ0n) is 10.7. The quantitative estimate of drug-likeness (QED) is 0.803. The Kier molecular flexibility index (Phi) is 3.47. The van der Waals surface area contributed by atoms with E-state index < -0.39 is 0 Å². The van der Waals surface area contributed by atoms with Gasteiger partial charge in [0.25, 0.3) is 0 Å². The Morgan fingerprint density at radius 2 is 2.00 bits per heavy atom. The van der Waals surface area contributed by atoms with Crippen LogP contribution in [-0.4, -0.2) is 22.6 Å². The van der Waals surface area contributed by atoms with Gasteiger partial charge in [-0.25, -0.2) is 4.98 Å². The van der Waals surface area contributed by atoms with Crippen molar-refractivity contribution in [2.75, 3.05) is 18.0 Å². The molecule has 0 amide bonds. The van der Waals surface area contributed by atoms with E-state index in [2.05, 4.69) is 53.4 Å². The molecule has 0 unspecified atom stereocenters. The summed E-state index contributed by atoms with van der Waals surface area (Å²) in [4.78, 5) is 6.48. The van der Waals surface area contributed by atoms with Crippen LogP contribution in [0.1, 0.15) is 19.4 Å². The maximum absolute atomic E-state index is 4.12. The summed E-state index contributed by atoms with van der Waals surface area (Å²) in [5, 5.41) is 0. The van der Waals surface area contributed by atoms with Crippen molar-refractivity contribution in [1.29, 1.82) is 0 Å². The summed E-state index contributed by atoms with van der Waals surface area (Å²) in [6.45, 7) is 8.51. The Balaban J connectivity index is 2.52. The molecule has 0 aliphatic carbocycles. The van der Waals surface area contributed by atoms with Crippen molar-refractivity contribution in [1.82, 2.24) is 9.55 Å². The molecule has 1 heterocycles. The van der Waals surface area contributed by atoms with Crippen LogP contribution in [0, 0.1) is 6.92 Å². The van der Waals surface area contributed by atoms with Crippen LogP contribution in [0.25, 0.3) is 5.69 Å². The number of hydrogen-bond acceptors (Lipinski definition) is 2. The van der Waals surface area contributed by atoms with Crippen molar-refractivity contribution >= 4 is 5.69 Å². The third kappa shape index (κ3) is 2.33. The van der Waals surface area contributed by atoms with Crippen LogP contribution in [0.2, 0.25) is 0 Å². The smallest absolute Gasteiger partial charge is 0.0992 e. The maximum atomic E-state index is 4.12. The topological polar surface area (TPSA) is 21.1 Å². The molecule has 0 spiro atoms. The van der Waals surface area contributed by atoms with Gasteiger partial charge in [-0.15, -0.1) is 0 Å². The molecule has 0 atom stereocenters. The van der Waals surface area contributed by atoms with Gasteiger partial charge in [-0.2, -0.15) is 0 Å². The lowest BCUT2D eigenvalue weighted by Gasteiger charge is -2.24. The lowest BCUT2D eigenvalue weighted by Crippen LogP contribution is -2.23. The fourth-order valence-corrected chi connectivity index (χ4v) is 2.07. The second kappa shape index (κ2) is 5.04. The lowest BCUT2D eigenvalue weighted by molar-refractivity contribution is 0.856. The standard InChI is InChI=1S/C14H19N3/c1-4-16(5-2)13-7-6-12(3)10-14(13)17-9-8-15-11-17/h6-11H,4-5H2,1-3H3. The summed E-state index contributed by atoms with van der Waals surface area (Å²) in [6, 6.07) is 6.56. The van der Waals surface area contributed by atoms with Gasteiger partial charge < -0.3 is 9.47 Å². The minimum absolute atomic E-state index is 1.02. The molecule has 0 N–H and O–H groups in total. The Hall–Kier alpha value is -1.77. The molecule has 1 aromatic carbocycles. The van der Waals surface area contributed by atoms with E-state index in [0.717, 1.165) is 13.1 Å². The first kappa shape index (κ1) is 11.7. The van der Waals surface area contributed by atoms with Crippen molar-refractivity contribution in [3.05, 3.63) is 42.5 Å². The summed E-state index contributed by atoms with van der Waals surface area (Å²) in [5.74, 6) is 0. The largest absolute Gasteiger partial charge is 0.370 e. The average molecular weight is 229 g/mol. The number of rotatable bonds is 4. The molecule has 0 saturated heterocycles. The fraction of sp³-hybridized carbons (Fsp3) is 0.357. The van der Waals surface area contributed by atoms with Gasteiger partial charge in [0, 0.05) is 25.5 Å². The van der Waals surface area contributed by atoms with E-state index in [1.165, 1.54) is 16.9 Å².